The van der Waals surface area contributed by atoms with Crippen molar-refractivity contribution in [2.24, 2.45) is 0 Å². The molecule has 1 aliphatic heterocycles. The molecule has 11 heteroatoms. The monoisotopic (exact) mass is 485 g/mol. The lowest BCUT2D eigenvalue weighted by atomic mass is 10.0. The second kappa shape index (κ2) is 8.26. The maximum absolute atomic E-state index is 14.2. The van der Waals surface area contributed by atoms with Crippen molar-refractivity contribution in [2.45, 2.75) is 23.8 Å². The predicted molar refractivity (Wildman–Crippen MR) is 118 cm³/mol. The summed E-state index contributed by atoms with van der Waals surface area (Å²) in [6.45, 7) is 0.245. The van der Waals surface area contributed by atoms with E-state index in [1.54, 1.807) is 18.2 Å². The number of sulfonamides is 1. The van der Waals surface area contributed by atoms with E-state index >= 15 is 0 Å². The van der Waals surface area contributed by atoms with Crippen molar-refractivity contribution in [2.75, 3.05) is 6.54 Å². The molecule has 2 heterocycles. The molecule has 34 heavy (non-hydrogen) atoms. The third-order valence-corrected chi connectivity index (χ3v) is 7.71. The third-order valence-electron chi connectivity index (χ3n) is 5.79. The van der Waals surface area contributed by atoms with Gasteiger partial charge in [0.15, 0.2) is 5.58 Å². The molecule has 0 aliphatic carbocycles. The summed E-state index contributed by atoms with van der Waals surface area (Å²) in [5.74, 6) is -1.18. The van der Waals surface area contributed by atoms with E-state index in [4.69, 9.17) is 4.42 Å². The van der Waals surface area contributed by atoms with E-state index in [0.717, 1.165) is 24.3 Å². The van der Waals surface area contributed by atoms with E-state index in [1.807, 2.05) is 0 Å². The van der Waals surface area contributed by atoms with Gasteiger partial charge < -0.3 is 4.42 Å². The molecule has 8 nitrogen and oxygen atoms in total. The zero-order chi connectivity index (χ0) is 24.0. The highest BCUT2D eigenvalue weighted by Gasteiger charge is 2.39. The maximum Gasteiger partial charge on any atom is 0.269 e. The van der Waals surface area contributed by atoms with Gasteiger partial charge in [0.25, 0.3) is 5.69 Å². The summed E-state index contributed by atoms with van der Waals surface area (Å²) in [4.78, 5) is 14.7. The van der Waals surface area contributed by atoms with Crippen LogP contribution in [0, 0.1) is 21.7 Å². The molecule has 1 saturated heterocycles. The molecule has 5 rings (SSSR count). The van der Waals surface area contributed by atoms with Crippen LogP contribution in [0.5, 0.6) is 0 Å². The zero-order valence-electron chi connectivity index (χ0n) is 17.5. The second-order valence-corrected chi connectivity index (χ2v) is 9.77. The second-order valence-electron chi connectivity index (χ2n) is 7.88. The molecule has 1 aromatic heterocycles. The number of fused-ring (bicyclic) bond motifs is 1. The zero-order valence-corrected chi connectivity index (χ0v) is 18.3. The van der Waals surface area contributed by atoms with Gasteiger partial charge in [0.1, 0.15) is 23.2 Å². The Morgan fingerprint density at radius 3 is 2.53 bits per heavy atom. The van der Waals surface area contributed by atoms with Crippen molar-refractivity contribution >= 4 is 26.8 Å². The van der Waals surface area contributed by atoms with Crippen LogP contribution in [0.25, 0.3) is 22.2 Å². The van der Waals surface area contributed by atoms with Crippen LogP contribution in [0.15, 0.2) is 70.0 Å². The lowest BCUT2D eigenvalue weighted by Gasteiger charge is -2.21. The van der Waals surface area contributed by atoms with Gasteiger partial charge in [-0.25, -0.2) is 22.2 Å². The molecule has 1 fully saturated rings. The number of nitro benzene ring substituents is 1. The van der Waals surface area contributed by atoms with Gasteiger partial charge in [-0.15, -0.1) is 0 Å². The molecular formula is C23H17F2N3O5S. The van der Waals surface area contributed by atoms with Crippen LogP contribution in [-0.4, -0.2) is 29.2 Å². The van der Waals surface area contributed by atoms with E-state index in [-0.39, 0.29) is 28.6 Å². The van der Waals surface area contributed by atoms with E-state index in [1.165, 1.54) is 22.5 Å². The highest BCUT2D eigenvalue weighted by atomic mass is 32.2. The number of halogens is 2. The van der Waals surface area contributed by atoms with Gasteiger partial charge in [0, 0.05) is 30.3 Å². The minimum absolute atomic E-state index is 0.0600. The number of rotatable bonds is 5. The van der Waals surface area contributed by atoms with Crippen LogP contribution in [0.2, 0.25) is 0 Å². The quantitative estimate of drug-likeness (QED) is 0.284. The highest BCUT2D eigenvalue weighted by molar-refractivity contribution is 7.89. The molecule has 0 radical (unpaired) electrons. The Labute approximate surface area is 192 Å². The van der Waals surface area contributed by atoms with Crippen LogP contribution in [0.4, 0.5) is 14.5 Å². The van der Waals surface area contributed by atoms with Gasteiger partial charge in [-0.1, -0.05) is 6.07 Å². The highest BCUT2D eigenvalue weighted by Crippen LogP contribution is 2.38. The van der Waals surface area contributed by atoms with Crippen molar-refractivity contribution in [1.82, 2.24) is 9.29 Å². The van der Waals surface area contributed by atoms with Crippen molar-refractivity contribution < 1.29 is 26.5 Å². The summed E-state index contributed by atoms with van der Waals surface area (Å²) in [6.07, 6.45) is 1.07. The summed E-state index contributed by atoms with van der Waals surface area (Å²) >= 11 is 0. The van der Waals surface area contributed by atoms with Gasteiger partial charge in [-0.2, -0.15) is 4.31 Å². The number of benzene rings is 3. The number of hydrogen-bond donors (Lipinski definition) is 0. The maximum atomic E-state index is 14.2. The Hall–Kier alpha value is -3.70. The van der Waals surface area contributed by atoms with Crippen molar-refractivity contribution in [3.8, 4) is 11.1 Å². The summed E-state index contributed by atoms with van der Waals surface area (Å²) in [5, 5.41) is 10.9. The number of aromatic nitrogens is 1. The first-order valence-corrected chi connectivity index (χ1v) is 11.8. The van der Waals surface area contributed by atoms with Gasteiger partial charge in [0.2, 0.25) is 15.9 Å². The molecule has 3 aromatic carbocycles. The number of oxazole rings is 1. The fourth-order valence-electron chi connectivity index (χ4n) is 4.13. The predicted octanol–water partition coefficient (Wildman–Crippen LogP) is 5.21. The van der Waals surface area contributed by atoms with E-state index < -0.39 is 32.6 Å². The lowest BCUT2D eigenvalue weighted by Crippen LogP contribution is -2.30. The summed E-state index contributed by atoms with van der Waals surface area (Å²) in [7, 11) is -3.95. The standard InChI is InChI=1S/C23H17F2N3O5S/c24-15-4-9-18(19(25)13-15)14-3-10-22-20(12-14)26-23(33-22)21-2-1-11-27(21)34(31,32)17-7-5-16(6-8-17)28(29)30/h3-10,12-13,21H,1-2,11H2/t21-/m0/s1. The van der Waals surface area contributed by atoms with Gasteiger partial charge >= 0.3 is 0 Å². The largest absolute Gasteiger partial charge is 0.439 e. The van der Waals surface area contributed by atoms with Gasteiger partial charge in [0.05, 0.1) is 9.82 Å². The minimum atomic E-state index is -3.95. The van der Waals surface area contributed by atoms with Crippen LogP contribution in [0.3, 0.4) is 0 Å². The smallest absolute Gasteiger partial charge is 0.269 e. The summed E-state index contributed by atoms with van der Waals surface area (Å²) in [5.41, 5.74) is 1.30. The molecule has 4 aromatic rings. The molecule has 0 bridgehead atoms. The Bertz CT molecular complexity index is 1520. The Morgan fingerprint density at radius 2 is 1.82 bits per heavy atom. The Morgan fingerprint density at radius 1 is 1.06 bits per heavy atom. The normalized spacial score (nSPS) is 16.8. The van der Waals surface area contributed by atoms with E-state index in [9.17, 15) is 27.3 Å². The molecule has 174 valence electrons. The van der Waals surface area contributed by atoms with Crippen LogP contribution in [0.1, 0.15) is 24.8 Å². The minimum Gasteiger partial charge on any atom is -0.439 e. The average Bonchev–Trinajstić information content (AvgIpc) is 3.46. The Balaban J connectivity index is 1.48. The summed E-state index contributed by atoms with van der Waals surface area (Å²) in [6, 6.07) is 12.2. The fourth-order valence-corrected chi connectivity index (χ4v) is 5.78. The third kappa shape index (κ3) is 3.82. The molecule has 0 N–H and O–H groups in total. The van der Waals surface area contributed by atoms with Crippen molar-refractivity contribution in [3.63, 3.8) is 0 Å². The molecule has 1 aliphatic rings. The molecular weight excluding hydrogens is 468 g/mol. The van der Waals surface area contributed by atoms with Crippen molar-refractivity contribution in [1.29, 1.82) is 0 Å². The number of nitrogens with zero attached hydrogens (tertiary/aromatic N) is 3. The molecule has 1 atom stereocenters. The lowest BCUT2D eigenvalue weighted by molar-refractivity contribution is -0.384. The summed E-state index contributed by atoms with van der Waals surface area (Å²) < 4.78 is 61.0. The number of non-ortho nitro benzene ring substituents is 1. The van der Waals surface area contributed by atoms with Gasteiger partial charge in [-0.3, -0.25) is 10.1 Å². The molecule has 0 amide bonds. The molecule has 0 spiro atoms. The molecule has 0 saturated carbocycles. The average molecular weight is 485 g/mol. The van der Waals surface area contributed by atoms with E-state index in [2.05, 4.69) is 4.98 Å². The van der Waals surface area contributed by atoms with Crippen LogP contribution in [-0.2, 0) is 10.0 Å². The first-order chi connectivity index (χ1) is 16.2. The Kier molecular flexibility index (Phi) is 5.37. The number of hydrogen-bond acceptors (Lipinski definition) is 6. The first-order valence-electron chi connectivity index (χ1n) is 10.4. The van der Waals surface area contributed by atoms with Crippen LogP contribution < -0.4 is 0 Å². The SMILES string of the molecule is O=[N+]([O-])c1ccc(S(=O)(=O)N2CCC[C@H]2c2nc3cc(-c4ccc(F)cc4F)ccc3o2)cc1. The fraction of sp³-hybridized carbons (Fsp3) is 0.174. The van der Waals surface area contributed by atoms with Gasteiger partial charge in [-0.05, 0) is 54.8 Å². The number of nitro groups is 1. The first kappa shape index (κ1) is 22.1. The van der Waals surface area contributed by atoms with Crippen LogP contribution >= 0.6 is 0 Å². The van der Waals surface area contributed by atoms with Crippen molar-refractivity contribution in [3.05, 3.63) is 88.3 Å². The topological polar surface area (TPSA) is 107 Å². The van der Waals surface area contributed by atoms with E-state index in [0.29, 0.717) is 29.5 Å². The molecule has 0 unspecified atom stereocenters.